The van der Waals surface area contributed by atoms with Crippen molar-refractivity contribution >= 4 is 23.0 Å². The van der Waals surface area contributed by atoms with Crippen LogP contribution < -0.4 is 10.5 Å². The second kappa shape index (κ2) is 6.29. The number of nitrogens with two attached hydrogens (primary N) is 1. The number of anilines is 1. The normalized spacial score (nSPS) is 9.95. The molecule has 1 heterocycles. The Morgan fingerprint density at radius 2 is 2.19 bits per heavy atom. The third-order valence-corrected chi connectivity index (χ3v) is 3.96. The number of ether oxygens (including phenoxy) is 2. The van der Waals surface area contributed by atoms with Gasteiger partial charge in [0.1, 0.15) is 23.3 Å². The van der Waals surface area contributed by atoms with Crippen molar-refractivity contribution in [2.45, 2.75) is 13.5 Å². The van der Waals surface area contributed by atoms with E-state index in [-0.39, 0.29) is 6.61 Å². The highest BCUT2D eigenvalue weighted by Crippen LogP contribution is 2.24. The van der Waals surface area contributed by atoms with Crippen molar-refractivity contribution in [3.63, 3.8) is 0 Å². The minimum Gasteiger partial charge on any atom is -0.495 e. The van der Waals surface area contributed by atoms with Gasteiger partial charge in [0.2, 0.25) is 0 Å². The fraction of sp³-hybridized carbons (Fsp3) is 0.200. The van der Waals surface area contributed by atoms with E-state index in [4.69, 9.17) is 20.5 Å². The Hall–Kier alpha value is -2.52. The van der Waals surface area contributed by atoms with Crippen molar-refractivity contribution in [2.24, 2.45) is 0 Å². The summed E-state index contributed by atoms with van der Waals surface area (Å²) >= 11 is 1.30. The number of carbonyl (C=O) groups excluding carboxylic acids is 1. The molecule has 1 aromatic heterocycles. The van der Waals surface area contributed by atoms with Crippen LogP contribution in [0.15, 0.2) is 24.3 Å². The molecule has 0 unspecified atom stereocenters. The number of carbonyl (C=O) groups is 1. The molecule has 5 nitrogen and oxygen atoms in total. The van der Waals surface area contributed by atoms with Gasteiger partial charge in [-0.25, -0.2) is 4.79 Å². The Labute approximate surface area is 126 Å². The van der Waals surface area contributed by atoms with Crippen LogP contribution in [-0.4, -0.2) is 13.1 Å². The van der Waals surface area contributed by atoms with Crippen LogP contribution in [0.1, 0.15) is 25.7 Å². The van der Waals surface area contributed by atoms with E-state index in [2.05, 4.69) is 0 Å². The molecule has 2 N–H and O–H groups in total. The molecule has 108 valence electrons. The number of nitrogen functional groups attached to an aromatic ring is 1. The maximum atomic E-state index is 11.9. The van der Waals surface area contributed by atoms with Gasteiger partial charge in [-0.05, 0) is 30.7 Å². The molecule has 0 aliphatic carbocycles. The number of methoxy groups -OCH3 is 1. The summed E-state index contributed by atoms with van der Waals surface area (Å²) in [5.74, 6) is 0.0726. The van der Waals surface area contributed by atoms with Gasteiger partial charge in [-0.2, -0.15) is 5.26 Å². The van der Waals surface area contributed by atoms with Gasteiger partial charge in [-0.15, -0.1) is 11.3 Å². The van der Waals surface area contributed by atoms with Crippen molar-refractivity contribution < 1.29 is 14.3 Å². The fourth-order valence-corrected chi connectivity index (χ4v) is 2.58. The average molecular weight is 302 g/mol. The van der Waals surface area contributed by atoms with Crippen LogP contribution in [0.5, 0.6) is 5.75 Å². The fourth-order valence-electron chi connectivity index (χ4n) is 1.75. The van der Waals surface area contributed by atoms with Crippen molar-refractivity contribution in [3.8, 4) is 11.8 Å². The summed E-state index contributed by atoms with van der Waals surface area (Å²) in [4.78, 5) is 13.3. The first-order valence-corrected chi connectivity index (χ1v) is 6.97. The molecule has 0 aliphatic rings. The van der Waals surface area contributed by atoms with Crippen LogP contribution in [-0.2, 0) is 11.3 Å². The molecular weight excluding hydrogens is 288 g/mol. The second-order valence-corrected chi connectivity index (χ2v) is 5.60. The van der Waals surface area contributed by atoms with Crippen LogP contribution in [0, 0.1) is 18.3 Å². The topological polar surface area (TPSA) is 85.3 Å². The number of aryl methyl sites for hydroxylation is 1. The third kappa shape index (κ3) is 3.33. The number of thiophene rings is 1. The molecule has 0 spiro atoms. The molecule has 0 saturated heterocycles. The van der Waals surface area contributed by atoms with Gasteiger partial charge in [0.25, 0.3) is 0 Å². The highest BCUT2D eigenvalue weighted by atomic mass is 32.1. The van der Waals surface area contributed by atoms with Crippen molar-refractivity contribution in [2.75, 3.05) is 12.8 Å². The molecule has 6 heteroatoms. The minimum atomic E-state index is -0.422. The van der Waals surface area contributed by atoms with E-state index in [9.17, 15) is 4.79 Å². The third-order valence-electron chi connectivity index (χ3n) is 2.91. The molecule has 2 aromatic rings. The molecule has 21 heavy (non-hydrogen) atoms. The van der Waals surface area contributed by atoms with Gasteiger partial charge in [-0.3, -0.25) is 0 Å². The van der Waals surface area contributed by atoms with Crippen LogP contribution in [0.3, 0.4) is 0 Å². The number of nitrogens with zero attached hydrogens (tertiary/aromatic N) is 1. The zero-order valence-electron chi connectivity index (χ0n) is 11.7. The Kier molecular flexibility index (Phi) is 4.45. The minimum absolute atomic E-state index is 0.0916. The van der Waals surface area contributed by atoms with Gasteiger partial charge in [-0.1, -0.05) is 6.07 Å². The molecule has 2 rings (SSSR count). The van der Waals surface area contributed by atoms with Crippen molar-refractivity contribution in [3.05, 3.63) is 45.1 Å². The molecule has 0 aliphatic heterocycles. The molecule has 0 bridgehead atoms. The van der Waals surface area contributed by atoms with Crippen molar-refractivity contribution in [1.82, 2.24) is 0 Å². The Morgan fingerprint density at radius 3 is 2.76 bits per heavy atom. The highest BCUT2D eigenvalue weighted by Gasteiger charge is 2.13. The van der Waals surface area contributed by atoms with Gasteiger partial charge in [0.05, 0.1) is 12.7 Å². The van der Waals surface area contributed by atoms with E-state index >= 15 is 0 Å². The summed E-state index contributed by atoms with van der Waals surface area (Å²) < 4.78 is 10.3. The summed E-state index contributed by atoms with van der Waals surface area (Å²) in [7, 11) is 1.50. The smallest absolute Gasteiger partial charge is 0.348 e. The predicted octanol–water partition coefficient (Wildman–Crippen LogP) is 2.88. The van der Waals surface area contributed by atoms with E-state index in [1.54, 1.807) is 24.3 Å². The first kappa shape index (κ1) is 14.9. The van der Waals surface area contributed by atoms with Gasteiger partial charge in [0, 0.05) is 10.6 Å². The lowest BCUT2D eigenvalue weighted by Gasteiger charge is -2.06. The molecule has 0 radical (unpaired) electrons. The predicted molar refractivity (Wildman–Crippen MR) is 80.3 cm³/mol. The molecule has 0 atom stereocenters. The molecule has 1 aromatic carbocycles. The summed E-state index contributed by atoms with van der Waals surface area (Å²) in [5.41, 5.74) is 7.42. The Bertz CT molecular complexity index is 697. The van der Waals surface area contributed by atoms with E-state index < -0.39 is 5.97 Å². The molecule has 0 amide bonds. The maximum absolute atomic E-state index is 11.9. The van der Waals surface area contributed by atoms with Crippen LogP contribution in [0.4, 0.5) is 5.69 Å². The van der Waals surface area contributed by atoms with E-state index in [0.29, 0.717) is 21.9 Å². The van der Waals surface area contributed by atoms with Crippen LogP contribution in [0.25, 0.3) is 0 Å². The zero-order valence-corrected chi connectivity index (χ0v) is 12.5. The van der Waals surface area contributed by atoms with Gasteiger partial charge >= 0.3 is 5.97 Å². The van der Waals surface area contributed by atoms with E-state index in [1.165, 1.54) is 18.4 Å². The monoisotopic (exact) mass is 302 g/mol. The van der Waals surface area contributed by atoms with E-state index in [1.807, 2.05) is 13.0 Å². The number of nitriles is 1. The standard InChI is InChI=1S/C15H14N2O3S/c1-9-12(17)6-14(21-9)15(18)20-8-10-3-4-13(19-2)11(5-10)7-16/h3-6H,8,17H2,1-2H3. The number of esters is 1. The lowest BCUT2D eigenvalue weighted by atomic mass is 10.1. The summed E-state index contributed by atoms with van der Waals surface area (Å²) in [6.07, 6.45) is 0. The lowest BCUT2D eigenvalue weighted by molar-refractivity contribution is 0.0478. The number of benzene rings is 1. The van der Waals surface area contributed by atoms with Crippen LogP contribution >= 0.6 is 11.3 Å². The molecule has 0 saturated carbocycles. The lowest BCUT2D eigenvalue weighted by Crippen LogP contribution is -2.03. The number of rotatable bonds is 4. The largest absolute Gasteiger partial charge is 0.495 e. The number of hydrogen-bond donors (Lipinski definition) is 1. The van der Waals surface area contributed by atoms with Crippen molar-refractivity contribution in [1.29, 1.82) is 5.26 Å². The Morgan fingerprint density at radius 1 is 1.43 bits per heavy atom. The zero-order chi connectivity index (χ0) is 15.4. The first-order chi connectivity index (χ1) is 10.0. The highest BCUT2D eigenvalue weighted by molar-refractivity contribution is 7.14. The van der Waals surface area contributed by atoms with Gasteiger partial charge < -0.3 is 15.2 Å². The van der Waals surface area contributed by atoms with E-state index in [0.717, 1.165) is 10.4 Å². The number of hydrogen-bond acceptors (Lipinski definition) is 6. The van der Waals surface area contributed by atoms with Crippen LogP contribution in [0.2, 0.25) is 0 Å². The summed E-state index contributed by atoms with van der Waals surface area (Å²) in [6, 6.07) is 8.71. The second-order valence-electron chi connectivity index (χ2n) is 4.34. The quantitative estimate of drug-likeness (QED) is 0.878. The Balaban J connectivity index is 2.06. The summed E-state index contributed by atoms with van der Waals surface area (Å²) in [5, 5.41) is 9.01. The SMILES string of the molecule is COc1ccc(COC(=O)c2cc(N)c(C)s2)cc1C#N. The summed E-state index contributed by atoms with van der Waals surface area (Å²) in [6.45, 7) is 1.94. The average Bonchev–Trinajstić information content (AvgIpc) is 2.84. The van der Waals surface area contributed by atoms with Gasteiger partial charge in [0.15, 0.2) is 0 Å². The maximum Gasteiger partial charge on any atom is 0.348 e. The first-order valence-electron chi connectivity index (χ1n) is 6.15. The molecular formula is C15H14N2O3S. The molecule has 0 fully saturated rings.